The van der Waals surface area contributed by atoms with Gasteiger partial charge >= 0.3 is 0 Å². The zero-order valence-corrected chi connectivity index (χ0v) is 22.8. The van der Waals surface area contributed by atoms with Crippen molar-refractivity contribution in [2.75, 3.05) is 31.3 Å². The lowest BCUT2D eigenvalue weighted by molar-refractivity contribution is -0.139. The second-order valence-electron chi connectivity index (χ2n) is 9.34. The van der Waals surface area contributed by atoms with E-state index in [-0.39, 0.29) is 24.2 Å². The molecule has 10 heteroatoms. The van der Waals surface area contributed by atoms with Crippen molar-refractivity contribution < 1.29 is 27.5 Å². The van der Waals surface area contributed by atoms with Gasteiger partial charge in [0.2, 0.25) is 21.8 Å². The largest absolute Gasteiger partial charge is 0.493 e. The molecule has 2 aromatic rings. The van der Waals surface area contributed by atoms with Gasteiger partial charge in [0.25, 0.3) is 0 Å². The lowest BCUT2D eigenvalue weighted by Gasteiger charge is -2.33. The summed E-state index contributed by atoms with van der Waals surface area (Å²) in [6, 6.07) is 13.3. The molecule has 1 N–H and O–H groups in total. The lowest BCUT2D eigenvalue weighted by atomic mass is 9.95. The van der Waals surface area contributed by atoms with Gasteiger partial charge < -0.3 is 19.7 Å². The predicted molar refractivity (Wildman–Crippen MR) is 143 cm³/mol. The maximum Gasteiger partial charge on any atom is 0.244 e. The second-order valence-corrected chi connectivity index (χ2v) is 11.2. The zero-order chi connectivity index (χ0) is 27.0. The number of hydrogen-bond donors (Lipinski definition) is 1. The molecule has 1 fully saturated rings. The highest BCUT2D eigenvalue weighted by atomic mass is 32.2. The number of rotatable bonds is 11. The summed E-state index contributed by atoms with van der Waals surface area (Å²) in [6.45, 7) is 1.38. The van der Waals surface area contributed by atoms with E-state index in [0.717, 1.165) is 48.2 Å². The van der Waals surface area contributed by atoms with Crippen LogP contribution >= 0.6 is 0 Å². The van der Waals surface area contributed by atoms with Gasteiger partial charge in [0.15, 0.2) is 11.5 Å². The Bertz CT molecular complexity index is 1170. The third-order valence-electron chi connectivity index (χ3n) is 6.65. The minimum absolute atomic E-state index is 0.0941. The van der Waals surface area contributed by atoms with Crippen molar-refractivity contribution in [3.8, 4) is 11.5 Å². The van der Waals surface area contributed by atoms with Crippen LogP contribution in [0, 0.1) is 0 Å². The van der Waals surface area contributed by atoms with Crippen LogP contribution in [0.25, 0.3) is 0 Å². The van der Waals surface area contributed by atoms with Gasteiger partial charge in [-0.15, -0.1) is 0 Å². The average molecular weight is 532 g/mol. The molecule has 9 nitrogen and oxygen atoms in total. The Kier molecular flexibility index (Phi) is 9.79. The van der Waals surface area contributed by atoms with E-state index in [2.05, 4.69) is 5.32 Å². The molecule has 3 rings (SSSR count). The highest BCUT2D eigenvalue weighted by Gasteiger charge is 2.31. The van der Waals surface area contributed by atoms with Crippen LogP contribution in [0.4, 0.5) is 5.69 Å². The maximum atomic E-state index is 13.7. The van der Waals surface area contributed by atoms with Crippen LogP contribution in [0.2, 0.25) is 0 Å². The van der Waals surface area contributed by atoms with E-state index in [1.165, 1.54) is 25.2 Å². The fraction of sp³-hybridized carbons (Fsp3) is 0.481. The van der Waals surface area contributed by atoms with Gasteiger partial charge in [-0.3, -0.25) is 13.9 Å². The molecule has 0 saturated heterocycles. The highest BCUT2D eigenvalue weighted by Crippen LogP contribution is 2.32. The van der Waals surface area contributed by atoms with Crippen LogP contribution in [-0.4, -0.2) is 64.2 Å². The number of sulfonamides is 1. The smallest absolute Gasteiger partial charge is 0.244 e. The summed E-state index contributed by atoms with van der Waals surface area (Å²) in [4.78, 5) is 28.3. The molecule has 2 amide bonds. The average Bonchev–Trinajstić information content (AvgIpc) is 2.90. The summed E-state index contributed by atoms with van der Waals surface area (Å²) in [5, 5.41) is 3.09. The molecule has 0 aromatic heterocycles. The summed E-state index contributed by atoms with van der Waals surface area (Å²) in [5.74, 6) is 0.0377. The second kappa shape index (κ2) is 12.8. The number of carbonyl (C=O) groups excluding carboxylic acids is 2. The number of nitrogens with zero attached hydrogens (tertiary/aromatic N) is 2. The van der Waals surface area contributed by atoms with Gasteiger partial charge in [0.05, 0.1) is 26.2 Å². The first-order valence-corrected chi connectivity index (χ1v) is 14.3. The Morgan fingerprint density at radius 2 is 1.65 bits per heavy atom. The minimum atomic E-state index is -3.84. The fourth-order valence-corrected chi connectivity index (χ4v) is 5.37. The number of carbonyl (C=O) groups is 2. The first-order chi connectivity index (χ1) is 17.6. The molecule has 0 radical (unpaired) electrons. The number of benzene rings is 2. The predicted octanol–water partition coefficient (Wildman–Crippen LogP) is 3.34. The summed E-state index contributed by atoms with van der Waals surface area (Å²) in [5.41, 5.74) is 1.10. The summed E-state index contributed by atoms with van der Waals surface area (Å²) in [6.07, 6.45) is 6.19. The molecular weight excluding hydrogens is 494 g/mol. The van der Waals surface area contributed by atoms with Crippen molar-refractivity contribution in [3.05, 3.63) is 54.1 Å². The lowest BCUT2D eigenvalue weighted by Crippen LogP contribution is -2.52. The van der Waals surface area contributed by atoms with Crippen molar-refractivity contribution in [1.29, 1.82) is 0 Å². The van der Waals surface area contributed by atoms with Crippen LogP contribution < -0.4 is 19.1 Å². The van der Waals surface area contributed by atoms with Crippen LogP contribution in [0.3, 0.4) is 0 Å². The number of hydrogen-bond acceptors (Lipinski definition) is 6. The van der Waals surface area contributed by atoms with Gasteiger partial charge in [0, 0.05) is 18.7 Å². The number of methoxy groups -OCH3 is 2. The molecule has 1 unspecified atom stereocenters. The molecular formula is C27H37N3O6S. The number of amides is 2. The molecule has 0 heterocycles. The molecule has 0 spiro atoms. The van der Waals surface area contributed by atoms with Crippen LogP contribution in [0.15, 0.2) is 48.5 Å². The molecule has 1 atom stereocenters. The number of ether oxygens (including phenoxy) is 2. The van der Waals surface area contributed by atoms with Crippen LogP contribution in [-0.2, 0) is 26.2 Å². The zero-order valence-electron chi connectivity index (χ0n) is 22.0. The standard InChI is InChI=1S/C27H37N3O6S/c1-20(27(32)28-22-13-9-6-10-14-22)29(18-21-11-7-5-8-12-21)26(31)19-30(37(4,33)34)23-15-16-24(35-2)25(17-23)36-3/h5,7-8,11-12,15-17,20,22H,6,9-10,13-14,18-19H2,1-4H3,(H,28,32). The molecule has 202 valence electrons. The van der Waals surface area contributed by atoms with E-state index in [1.807, 2.05) is 30.3 Å². The Morgan fingerprint density at radius 1 is 1.00 bits per heavy atom. The van der Waals surface area contributed by atoms with Crippen molar-refractivity contribution in [2.45, 2.75) is 57.7 Å². The Morgan fingerprint density at radius 3 is 2.24 bits per heavy atom. The Balaban J connectivity index is 1.88. The normalized spacial score (nSPS) is 14.9. The SMILES string of the molecule is COc1ccc(N(CC(=O)N(Cc2ccccc2)C(C)C(=O)NC2CCCCC2)S(C)(=O)=O)cc1OC. The Labute approximate surface area is 219 Å². The van der Waals surface area contributed by atoms with Gasteiger partial charge in [-0.1, -0.05) is 49.6 Å². The Hall–Kier alpha value is -3.27. The molecule has 1 aliphatic rings. The fourth-order valence-electron chi connectivity index (χ4n) is 4.53. The highest BCUT2D eigenvalue weighted by molar-refractivity contribution is 7.92. The summed E-state index contributed by atoms with van der Waals surface area (Å²) >= 11 is 0. The molecule has 1 aliphatic carbocycles. The quantitative estimate of drug-likeness (QED) is 0.477. The first kappa shape index (κ1) is 28.3. The minimum Gasteiger partial charge on any atom is -0.493 e. The van der Waals surface area contributed by atoms with E-state index >= 15 is 0 Å². The van der Waals surface area contributed by atoms with Gasteiger partial charge in [-0.05, 0) is 37.5 Å². The van der Waals surface area contributed by atoms with Gasteiger partial charge in [-0.25, -0.2) is 8.42 Å². The van der Waals surface area contributed by atoms with Crippen LogP contribution in [0.5, 0.6) is 11.5 Å². The first-order valence-electron chi connectivity index (χ1n) is 12.5. The van der Waals surface area contributed by atoms with E-state index in [0.29, 0.717) is 11.5 Å². The molecule has 37 heavy (non-hydrogen) atoms. The van der Waals surface area contributed by atoms with E-state index in [1.54, 1.807) is 19.1 Å². The topological polar surface area (TPSA) is 105 Å². The molecule has 2 aromatic carbocycles. The van der Waals surface area contributed by atoms with Crippen molar-refractivity contribution in [3.63, 3.8) is 0 Å². The van der Waals surface area contributed by atoms with Gasteiger partial charge in [0.1, 0.15) is 12.6 Å². The molecule has 1 saturated carbocycles. The maximum absolute atomic E-state index is 13.7. The summed E-state index contributed by atoms with van der Waals surface area (Å²) in [7, 11) is -0.911. The molecule has 0 bridgehead atoms. The van der Waals surface area contributed by atoms with E-state index < -0.39 is 28.5 Å². The van der Waals surface area contributed by atoms with Crippen molar-refractivity contribution in [2.24, 2.45) is 0 Å². The number of anilines is 1. The summed E-state index contributed by atoms with van der Waals surface area (Å²) < 4.78 is 37.1. The van der Waals surface area contributed by atoms with Crippen LogP contribution in [0.1, 0.15) is 44.6 Å². The van der Waals surface area contributed by atoms with E-state index in [4.69, 9.17) is 9.47 Å². The third-order valence-corrected chi connectivity index (χ3v) is 7.79. The third kappa shape index (κ3) is 7.61. The van der Waals surface area contributed by atoms with Crippen molar-refractivity contribution in [1.82, 2.24) is 10.2 Å². The van der Waals surface area contributed by atoms with Crippen molar-refractivity contribution >= 4 is 27.5 Å². The van der Waals surface area contributed by atoms with E-state index in [9.17, 15) is 18.0 Å². The molecule has 0 aliphatic heterocycles. The number of nitrogens with one attached hydrogen (secondary N) is 1. The van der Waals surface area contributed by atoms with Gasteiger partial charge in [-0.2, -0.15) is 0 Å². The monoisotopic (exact) mass is 531 g/mol.